The van der Waals surface area contributed by atoms with Crippen LogP contribution in [0.25, 0.3) is 0 Å². The molecule has 0 saturated carbocycles. The quantitative estimate of drug-likeness (QED) is 0.793. The van der Waals surface area contributed by atoms with Crippen molar-refractivity contribution in [3.63, 3.8) is 0 Å². The van der Waals surface area contributed by atoms with Crippen molar-refractivity contribution in [1.82, 2.24) is 10.2 Å². The molecule has 1 N–H and O–H groups in total. The van der Waals surface area contributed by atoms with Crippen LogP contribution < -0.4 is 19.7 Å². The predicted octanol–water partition coefficient (Wildman–Crippen LogP) is 3.86. The Balaban J connectivity index is 0.00000300. The van der Waals surface area contributed by atoms with Crippen LogP contribution in [0.15, 0.2) is 42.5 Å². The summed E-state index contributed by atoms with van der Waals surface area (Å²) < 4.78 is 24.6. The number of urea groups is 1. The summed E-state index contributed by atoms with van der Waals surface area (Å²) in [6.45, 7) is 4.14. The van der Waals surface area contributed by atoms with Crippen LogP contribution in [-0.2, 0) is 0 Å². The molecule has 0 aliphatic carbocycles. The Hall–Kier alpha value is -2.67. The number of carbonyl (C=O) groups excluding carboxylic acids is 1. The number of ether oxygens (including phenoxy) is 2. The topological polar surface area (TPSA) is 54.0 Å². The number of nitrogens with one attached hydrogen (secondary N) is 1. The number of halogens is 2. The van der Waals surface area contributed by atoms with E-state index >= 15 is 0 Å². The number of hydrogen-bond donors (Lipinski definition) is 1. The van der Waals surface area contributed by atoms with Crippen molar-refractivity contribution in [2.75, 3.05) is 45.3 Å². The number of anilines is 1. The first-order chi connectivity index (χ1) is 13.5. The van der Waals surface area contributed by atoms with E-state index in [1.165, 1.54) is 6.07 Å². The number of carbonyl (C=O) groups is 1. The van der Waals surface area contributed by atoms with E-state index in [-0.39, 0.29) is 30.3 Å². The van der Waals surface area contributed by atoms with Crippen molar-refractivity contribution in [1.29, 1.82) is 0 Å². The number of amides is 2. The molecule has 2 aromatic rings. The second kappa shape index (κ2) is 10.2. The molecule has 158 valence electrons. The normalized spacial score (nSPS) is 14.6. The molecule has 0 bridgehead atoms. The molecule has 2 amide bonds. The van der Waals surface area contributed by atoms with E-state index in [1.54, 1.807) is 31.3 Å². The van der Waals surface area contributed by atoms with Crippen molar-refractivity contribution >= 4 is 24.1 Å². The molecule has 1 aliphatic heterocycles. The van der Waals surface area contributed by atoms with Gasteiger partial charge in [-0.05, 0) is 37.3 Å². The van der Waals surface area contributed by atoms with Crippen molar-refractivity contribution in [3.05, 3.63) is 53.8 Å². The fourth-order valence-corrected chi connectivity index (χ4v) is 3.39. The van der Waals surface area contributed by atoms with Crippen molar-refractivity contribution in [3.8, 4) is 11.5 Å². The molecular formula is C21H27ClFN3O3. The Morgan fingerprint density at radius 1 is 1.07 bits per heavy atom. The van der Waals surface area contributed by atoms with Gasteiger partial charge in [-0.2, -0.15) is 0 Å². The van der Waals surface area contributed by atoms with E-state index in [1.807, 2.05) is 36.1 Å². The Labute approximate surface area is 177 Å². The van der Waals surface area contributed by atoms with Gasteiger partial charge in [0.15, 0.2) is 0 Å². The van der Waals surface area contributed by atoms with Gasteiger partial charge in [-0.25, -0.2) is 9.18 Å². The summed E-state index contributed by atoms with van der Waals surface area (Å²) in [4.78, 5) is 16.4. The maximum Gasteiger partial charge on any atom is 0.317 e. The van der Waals surface area contributed by atoms with Crippen LogP contribution in [0.4, 0.5) is 14.9 Å². The largest absolute Gasteiger partial charge is 0.497 e. The van der Waals surface area contributed by atoms with E-state index < -0.39 is 0 Å². The lowest BCUT2D eigenvalue weighted by atomic mass is 10.1. The lowest BCUT2D eigenvalue weighted by molar-refractivity contribution is 0.191. The summed E-state index contributed by atoms with van der Waals surface area (Å²) >= 11 is 0. The van der Waals surface area contributed by atoms with Gasteiger partial charge in [-0.3, -0.25) is 0 Å². The molecule has 1 atom stereocenters. The monoisotopic (exact) mass is 423 g/mol. The van der Waals surface area contributed by atoms with Gasteiger partial charge in [0.1, 0.15) is 17.3 Å². The van der Waals surface area contributed by atoms with E-state index in [4.69, 9.17) is 9.47 Å². The van der Waals surface area contributed by atoms with Gasteiger partial charge in [0, 0.05) is 31.7 Å². The Bertz CT molecular complexity index is 829. The van der Waals surface area contributed by atoms with E-state index in [0.29, 0.717) is 43.4 Å². The van der Waals surface area contributed by atoms with Crippen LogP contribution in [0.2, 0.25) is 0 Å². The first-order valence-corrected chi connectivity index (χ1v) is 9.30. The molecule has 1 aliphatic rings. The van der Waals surface area contributed by atoms with E-state index in [0.717, 1.165) is 5.56 Å². The molecule has 29 heavy (non-hydrogen) atoms. The number of nitrogens with zero attached hydrogens (tertiary/aromatic N) is 2. The average molecular weight is 424 g/mol. The van der Waals surface area contributed by atoms with Crippen LogP contribution >= 0.6 is 12.4 Å². The average Bonchev–Trinajstić information content (AvgIpc) is 2.73. The Morgan fingerprint density at radius 2 is 1.76 bits per heavy atom. The fraction of sp³-hybridized carbons (Fsp3) is 0.381. The van der Waals surface area contributed by atoms with Gasteiger partial charge in [-0.15, -0.1) is 12.4 Å². The molecule has 8 heteroatoms. The standard InChI is InChI=1S/C21H26FN3O3.ClH/c1-15(17-14-16(27-2)8-9-20(17)28-3)23-21(26)25-12-10-24(11-13-25)19-7-5-4-6-18(19)22;/h4-9,14-15H,10-13H2,1-3H3,(H,23,26);1H. The smallest absolute Gasteiger partial charge is 0.317 e. The number of benzene rings is 2. The van der Waals surface area contributed by atoms with Gasteiger partial charge in [0.05, 0.1) is 25.9 Å². The van der Waals surface area contributed by atoms with Gasteiger partial charge >= 0.3 is 6.03 Å². The fourth-order valence-electron chi connectivity index (χ4n) is 3.39. The molecule has 0 aromatic heterocycles. The van der Waals surface area contributed by atoms with Crippen LogP contribution in [0.3, 0.4) is 0 Å². The van der Waals surface area contributed by atoms with Crippen molar-refractivity contribution in [2.45, 2.75) is 13.0 Å². The lowest BCUT2D eigenvalue weighted by Gasteiger charge is -2.36. The third kappa shape index (κ3) is 5.23. The summed E-state index contributed by atoms with van der Waals surface area (Å²) in [5.74, 6) is 1.16. The number of rotatable bonds is 5. The molecule has 1 unspecified atom stereocenters. The first kappa shape index (κ1) is 22.6. The number of para-hydroxylation sites is 1. The number of piperazine rings is 1. The number of methoxy groups -OCH3 is 2. The minimum atomic E-state index is -0.248. The molecule has 0 spiro atoms. The molecule has 1 fully saturated rings. The zero-order chi connectivity index (χ0) is 20.1. The van der Waals surface area contributed by atoms with Crippen molar-refractivity contribution in [2.24, 2.45) is 0 Å². The first-order valence-electron chi connectivity index (χ1n) is 9.30. The second-order valence-corrected chi connectivity index (χ2v) is 6.70. The van der Waals surface area contributed by atoms with Gasteiger partial charge < -0.3 is 24.6 Å². The minimum Gasteiger partial charge on any atom is -0.497 e. The molecule has 1 heterocycles. The Kier molecular flexibility index (Phi) is 7.96. The lowest BCUT2D eigenvalue weighted by Crippen LogP contribution is -2.52. The Morgan fingerprint density at radius 3 is 2.38 bits per heavy atom. The summed E-state index contributed by atoms with van der Waals surface area (Å²) in [6, 6.07) is 11.8. The molecule has 1 saturated heterocycles. The van der Waals surface area contributed by atoms with Gasteiger partial charge in [-0.1, -0.05) is 12.1 Å². The highest BCUT2D eigenvalue weighted by atomic mass is 35.5. The summed E-state index contributed by atoms with van der Waals surface area (Å²) in [5, 5.41) is 3.02. The molecule has 3 rings (SSSR count). The second-order valence-electron chi connectivity index (χ2n) is 6.70. The van der Waals surface area contributed by atoms with E-state index in [2.05, 4.69) is 5.32 Å². The SMILES string of the molecule is COc1ccc(OC)c(C(C)NC(=O)N2CCN(c3ccccc3F)CC2)c1.Cl. The minimum absolute atomic E-state index is 0. The molecular weight excluding hydrogens is 397 g/mol. The summed E-state index contributed by atoms with van der Waals surface area (Å²) in [5.41, 5.74) is 1.43. The van der Waals surface area contributed by atoms with Crippen LogP contribution in [0.1, 0.15) is 18.5 Å². The molecule has 6 nitrogen and oxygen atoms in total. The summed E-state index contributed by atoms with van der Waals surface area (Å²) in [7, 11) is 3.20. The van der Waals surface area contributed by atoms with Crippen LogP contribution in [0.5, 0.6) is 11.5 Å². The predicted molar refractivity (Wildman–Crippen MR) is 114 cm³/mol. The van der Waals surface area contributed by atoms with Crippen molar-refractivity contribution < 1.29 is 18.7 Å². The van der Waals surface area contributed by atoms with E-state index in [9.17, 15) is 9.18 Å². The maximum absolute atomic E-state index is 14.0. The highest BCUT2D eigenvalue weighted by Gasteiger charge is 2.24. The molecule has 0 radical (unpaired) electrons. The highest BCUT2D eigenvalue weighted by Crippen LogP contribution is 2.29. The number of hydrogen-bond acceptors (Lipinski definition) is 4. The van der Waals surface area contributed by atoms with Gasteiger partial charge in [0.2, 0.25) is 0 Å². The van der Waals surface area contributed by atoms with Crippen LogP contribution in [0, 0.1) is 5.82 Å². The maximum atomic E-state index is 14.0. The highest BCUT2D eigenvalue weighted by molar-refractivity contribution is 5.85. The van der Waals surface area contributed by atoms with Crippen LogP contribution in [-0.4, -0.2) is 51.3 Å². The zero-order valence-corrected chi connectivity index (χ0v) is 17.7. The van der Waals surface area contributed by atoms with Gasteiger partial charge in [0.25, 0.3) is 0 Å². The molecule has 2 aromatic carbocycles. The summed E-state index contributed by atoms with van der Waals surface area (Å²) in [6.07, 6.45) is 0. The third-order valence-corrected chi connectivity index (χ3v) is 5.00. The zero-order valence-electron chi connectivity index (χ0n) is 16.9. The third-order valence-electron chi connectivity index (χ3n) is 5.00.